The highest BCUT2D eigenvalue weighted by atomic mass is 16.5. The summed E-state index contributed by atoms with van der Waals surface area (Å²) >= 11 is 0. The second-order valence-electron chi connectivity index (χ2n) is 6.92. The predicted molar refractivity (Wildman–Crippen MR) is 91.5 cm³/mol. The fraction of sp³-hybridized carbons (Fsp3) is 0.500. The minimum atomic E-state index is -0.191. The lowest BCUT2D eigenvalue weighted by molar-refractivity contribution is -0.0464. The maximum Gasteiger partial charge on any atom is 0.0938 e. The topological polar surface area (TPSA) is 9.23 Å². The molecule has 0 radical (unpaired) electrons. The van der Waals surface area contributed by atoms with Gasteiger partial charge in [0.2, 0.25) is 0 Å². The van der Waals surface area contributed by atoms with E-state index in [9.17, 15) is 0 Å². The molecule has 0 aromatic heterocycles. The monoisotopic (exact) mass is 284 g/mol. The molecule has 21 heavy (non-hydrogen) atoms. The van der Waals surface area contributed by atoms with Gasteiger partial charge in [0.15, 0.2) is 0 Å². The third-order valence-corrected chi connectivity index (χ3v) is 4.15. The van der Waals surface area contributed by atoms with Gasteiger partial charge < -0.3 is 4.74 Å². The van der Waals surface area contributed by atoms with Crippen LogP contribution < -0.4 is 0 Å². The summed E-state index contributed by atoms with van der Waals surface area (Å²) in [6, 6.07) is 15.2. The number of fused-ring (bicyclic) bond motifs is 1. The van der Waals surface area contributed by atoms with Crippen LogP contribution in [0.25, 0.3) is 10.8 Å². The highest BCUT2D eigenvalue weighted by Gasteiger charge is 2.34. The normalized spacial score (nSPS) is 12.5. The van der Waals surface area contributed by atoms with Crippen LogP contribution in [-0.4, -0.2) is 7.11 Å². The van der Waals surface area contributed by atoms with Gasteiger partial charge in [-0.05, 0) is 41.0 Å². The van der Waals surface area contributed by atoms with E-state index in [4.69, 9.17) is 4.74 Å². The Bertz CT molecular complexity index is 568. The first-order valence-corrected chi connectivity index (χ1v) is 8.02. The molecule has 1 nitrogen and oxygen atoms in total. The van der Waals surface area contributed by atoms with Gasteiger partial charge in [-0.15, -0.1) is 0 Å². The number of benzene rings is 2. The molecule has 0 N–H and O–H groups in total. The van der Waals surface area contributed by atoms with Gasteiger partial charge in [0.05, 0.1) is 5.60 Å². The van der Waals surface area contributed by atoms with Crippen LogP contribution in [0.4, 0.5) is 0 Å². The van der Waals surface area contributed by atoms with Crippen molar-refractivity contribution in [2.24, 2.45) is 11.8 Å². The molecule has 0 heterocycles. The minimum Gasteiger partial charge on any atom is -0.373 e. The maximum absolute atomic E-state index is 6.15. The molecule has 1 heteroatoms. The molecule has 0 unspecified atom stereocenters. The van der Waals surface area contributed by atoms with Crippen LogP contribution in [0, 0.1) is 11.8 Å². The summed E-state index contributed by atoms with van der Waals surface area (Å²) in [5.41, 5.74) is 1.15. The van der Waals surface area contributed by atoms with Gasteiger partial charge >= 0.3 is 0 Å². The van der Waals surface area contributed by atoms with Crippen LogP contribution >= 0.6 is 0 Å². The Balaban J connectivity index is 2.62. The van der Waals surface area contributed by atoms with Crippen molar-refractivity contribution in [1.29, 1.82) is 0 Å². The molecule has 0 saturated heterocycles. The lowest BCUT2D eigenvalue weighted by Gasteiger charge is -2.37. The standard InChI is InChI=1S/C20H28O/c1-15(2)13-20(21-5,14-16(3)4)19-12-8-10-17-9-6-7-11-18(17)19/h6-12,15-16H,13-14H2,1-5H3. The molecule has 2 rings (SSSR count). The number of hydrogen-bond acceptors (Lipinski definition) is 1. The molecule has 0 amide bonds. The van der Waals surface area contributed by atoms with E-state index in [2.05, 4.69) is 70.2 Å². The van der Waals surface area contributed by atoms with Crippen LogP contribution in [0.3, 0.4) is 0 Å². The summed E-state index contributed by atoms with van der Waals surface area (Å²) in [6.45, 7) is 9.11. The third kappa shape index (κ3) is 3.47. The lowest BCUT2D eigenvalue weighted by atomic mass is 9.78. The highest BCUT2D eigenvalue weighted by Crippen LogP contribution is 2.41. The molecule has 0 atom stereocenters. The van der Waals surface area contributed by atoms with Gasteiger partial charge in [-0.25, -0.2) is 0 Å². The average molecular weight is 284 g/mol. The van der Waals surface area contributed by atoms with Crippen molar-refractivity contribution < 1.29 is 4.74 Å². The van der Waals surface area contributed by atoms with Crippen molar-refractivity contribution >= 4 is 10.8 Å². The molecular weight excluding hydrogens is 256 g/mol. The molecule has 0 aliphatic rings. The largest absolute Gasteiger partial charge is 0.373 e. The second kappa shape index (κ2) is 6.62. The van der Waals surface area contributed by atoms with E-state index in [-0.39, 0.29) is 5.60 Å². The van der Waals surface area contributed by atoms with Gasteiger partial charge in [0, 0.05) is 7.11 Å². The summed E-state index contributed by atoms with van der Waals surface area (Å²) in [6.07, 6.45) is 2.10. The molecule has 0 aliphatic heterocycles. The van der Waals surface area contributed by atoms with Gasteiger partial charge in [0.1, 0.15) is 0 Å². The van der Waals surface area contributed by atoms with Crippen LogP contribution in [0.5, 0.6) is 0 Å². The van der Waals surface area contributed by atoms with Gasteiger partial charge in [-0.1, -0.05) is 70.2 Å². The fourth-order valence-corrected chi connectivity index (χ4v) is 3.52. The minimum absolute atomic E-state index is 0.191. The van der Waals surface area contributed by atoms with Crippen LogP contribution in [-0.2, 0) is 10.3 Å². The fourth-order valence-electron chi connectivity index (χ4n) is 3.52. The first kappa shape index (κ1) is 16.0. The van der Waals surface area contributed by atoms with Crippen LogP contribution in [0.15, 0.2) is 42.5 Å². The number of ether oxygens (including phenoxy) is 1. The Kier molecular flexibility index (Phi) is 5.05. The SMILES string of the molecule is COC(CC(C)C)(CC(C)C)c1cccc2ccccc12. The summed E-state index contributed by atoms with van der Waals surface area (Å²) < 4.78 is 6.15. The zero-order valence-corrected chi connectivity index (χ0v) is 14.0. The Morgan fingerprint density at radius 2 is 1.43 bits per heavy atom. The van der Waals surface area contributed by atoms with E-state index in [0.717, 1.165) is 12.8 Å². The maximum atomic E-state index is 6.15. The first-order valence-electron chi connectivity index (χ1n) is 8.02. The van der Waals surface area contributed by atoms with Crippen molar-refractivity contribution in [2.75, 3.05) is 7.11 Å². The average Bonchev–Trinajstić information content (AvgIpc) is 2.45. The summed E-state index contributed by atoms with van der Waals surface area (Å²) in [7, 11) is 1.87. The number of hydrogen-bond donors (Lipinski definition) is 0. The van der Waals surface area contributed by atoms with Gasteiger partial charge in [0.25, 0.3) is 0 Å². The molecule has 0 saturated carbocycles. The zero-order valence-electron chi connectivity index (χ0n) is 14.0. The Morgan fingerprint density at radius 3 is 2.00 bits per heavy atom. The Hall–Kier alpha value is -1.34. The quantitative estimate of drug-likeness (QED) is 0.654. The zero-order chi connectivity index (χ0) is 15.5. The van der Waals surface area contributed by atoms with E-state index >= 15 is 0 Å². The molecule has 0 fully saturated rings. The van der Waals surface area contributed by atoms with Crippen LogP contribution in [0.2, 0.25) is 0 Å². The molecule has 0 spiro atoms. The van der Waals surface area contributed by atoms with E-state index in [1.165, 1.54) is 16.3 Å². The highest BCUT2D eigenvalue weighted by molar-refractivity contribution is 5.86. The van der Waals surface area contributed by atoms with E-state index in [1.54, 1.807) is 0 Å². The molecular formula is C20H28O. The van der Waals surface area contributed by atoms with Gasteiger partial charge in [-0.3, -0.25) is 0 Å². The molecule has 2 aromatic rings. The van der Waals surface area contributed by atoms with Crippen LogP contribution in [0.1, 0.15) is 46.1 Å². The van der Waals surface area contributed by atoms with Crippen molar-refractivity contribution in [3.05, 3.63) is 48.0 Å². The molecule has 0 bridgehead atoms. The lowest BCUT2D eigenvalue weighted by Crippen LogP contribution is -2.32. The van der Waals surface area contributed by atoms with Crippen molar-refractivity contribution in [1.82, 2.24) is 0 Å². The van der Waals surface area contributed by atoms with Crippen molar-refractivity contribution in [3.8, 4) is 0 Å². The van der Waals surface area contributed by atoms with E-state index < -0.39 is 0 Å². The van der Waals surface area contributed by atoms with Crippen molar-refractivity contribution in [3.63, 3.8) is 0 Å². The first-order chi connectivity index (χ1) is 9.98. The predicted octanol–water partition coefficient (Wildman–Crippen LogP) is 5.77. The van der Waals surface area contributed by atoms with E-state index in [0.29, 0.717) is 11.8 Å². The van der Waals surface area contributed by atoms with Gasteiger partial charge in [-0.2, -0.15) is 0 Å². The third-order valence-electron chi connectivity index (χ3n) is 4.15. The second-order valence-corrected chi connectivity index (χ2v) is 6.92. The Morgan fingerprint density at radius 1 is 0.857 bits per heavy atom. The molecule has 0 aliphatic carbocycles. The molecule has 114 valence electrons. The van der Waals surface area contributed by atoms with Crippen molar-refractivity contribution in [2.45, 2.75) is 46.1 Å². The summed E-state index contributed by atoms with van der Waals surface area (Å²) in [5.74, 6) is 1.20. The number of methoxy groups -OCH3 is 1. The Labute approximate surface area is 129 Å². The van der Waals surface area contributed by atoms with E-state index in [1.807, 2.05) is 7.11 Å². The summed E-state index contributed by atoms with van der Waals surface area (Å²) in [5, 5.41) is 2.62. The molecule has 2 aromatic carbocycles. The smallest absolute Gasteiger partial charge is 0.0938 e. The number of rotatable bonds is 6. The summed E-state index contributed by atoms with van der Waals surface area (Å²) in [4.78, 5) is 0.